The minimum Gasteiger partial charge on any atom is -0.383 e. The number of nitrogens with zero attached hydrogens (tertiary/aromatic N) is 2. The molecule has 0 aliphatic heterocycles. The zero-order chi connectivity index (χ0) is 12.3. The van der Waals surface area contributed by atoms with Crippen molar-refractivity contribution < 1.29 is 9.13 Å². The van der Waals surface area contributed by atoms with Crippen molar-refractivity contribution in [3.05, 3.63) is 23.6 Å². The SMILES string of the molecule is COCCN(c1nccc(CN)c1F)C1CC1. The van der Waals surface area contributed by atoms with Crippen LogP contribution >= 0.6 is 0 Å². The molecule has 1 aromatic heterocycles. The number of aromatic nitrogens is 1. The van der Waals surface area contributed by atoms with Gasteiger partial charge in [-0.1, -0.05) is 0 Å². The molecule has 0 unspecified atom stereocenters. The van der Waals surface area contributed by atoms with E-state index >= 15 is 0 Å². The van der Waals surface area contributed by atoms with Gasteiger partial charge in [-0.25, -0.2) is 9.37 Å². The highest BCUT2D eigenvalue weighted by atomic mass is 19.1. The van der Waals surface area contributed by atoms with Gasteiger partial charge < -0.3 is 15.4 Å². The molecule has 0 radical (unpaired) electrons. The van der Waals surface area contributed by atoms with Gasteiger partial charge in [-0.2, -0.15) is 0 Å². The average molecular weight is 239 g/mol. The van der Waals surface area contributed by atoms with E-state index in [4.69, 9.17) is 10.5 Å². The summed E-state index contributed by atoms with van der Waals surface area (Å²) in [4.78, 5) is 6.13. The molecule has 0 spiro atoms. The first-order chi connectivity index (χ1) is 8.27. The molecule has 2 rings (SSSR count). The number of rotatable bonds is 6. The van der Waals surface area contributed by atoms with Gasteiger partial charge in [0.15, 0.2) is 11.6 Å². The van der Waals surface area contributed by atoms with Crippen LogP contribution in [-0.2, 0) is 11.3 Å². The maximum absolute atomic E-state index is 14.1. The normalized spacial score (nSPS) is 15.0. The number of anilines is 1. The number of hydrogen-bond donors (Lipinski definition) is 1. The molecule has 0 amide bonds. The Morgan fingerprint density at radius 2 is 2.35 bits per heavy atom. The predicted octanol–water partition coefficient (Wildman–Crippen LogP) is 1.29. The molecule has 1 aliphatic carbocycles. The van der Waals surface area contributed by atoms with Crippen LogP contribution in [0.5, 0.6) is 0 Å². The van der Waals surface area contributed by atoms with Crippen LogP contribution in [0.3, 0.4) is 0 Å². The van der Waals surface area contributed by atoms with Gasteiger partial charge in [-0.15, -0.1) is 0 Å². The third kappa shape index (κ3) is 2.73. The predicted molar refractivity (Wildman–Crippen MR) is 64.3 cm³/mol. The first-order valence-electron chi connectivity index (χ1n) is 5.87. The van der Waals surface area contributed by atoms with Gasteiger partial charge in [0.2, 0.25) is 0 Å². The Morgan fingerprint density at radius 1 is 1.59 bits per heavy atom. The van der Waals surface area contributed by atoms with Crippen LogP contribution in [0.2, 0.25) is 0 Å². The van der Waals surface area contributed by atoms with Gasteiger partial charge in [0.05, 0.1) is 6.61 Å². The summed E-state index contributed by atoms with van der Waals surface area (Å²) in [5.41, 5.74) is 6.01. The van der Waals surface area contributed by atoms with Gasteiger partial charge in [0.1, 0.15) is 0 Å². The third-order valence-electron chi connectivity index (χ3n) is 2.97. The molecule has 1 heterocycles. The topological polar surface area (TPSA) is 51.4 Å². The molecular weight excluding hydrogens is 221 g/mol. The third-order valence-corrected chi connectivity index (χ3v) is 2.97. The van der Waals surface area contributed by atoms with Gasteiger partial charge in [0, 0.05) is 38.0 Å². The van der Waals surface area contributed by atoms with Crippen molar-refractivity contribution in [1.82, 2.24) is 4.98 Å². The lowest BCUT2D eigenvalue weighted by Gasteiger charge is -2.24. The largest absolute Gasteiger partial charge is 0.383 e. The summed E-state index contributed by atoms with van der Waals surface area (Å²) in [6.45, 7) is 1.44. The number of ether oxygens (including phenoxy) is 1. The van der Waals surface area contributed by atoms with E-state index < -0.39 is 0 Å². The van der Waals surface area contributed by atoms with E-state index in [0.29, 0.717) is 30.6 Å². The molecule has 4 nitrogen and oxygen atoms in total. The van der Waals surface area contributed by atoms with E-state index in [1.54, 1.807) is 19.4 Å². The van der Waals surface area contributed by atoms with Crippen molar-refractivity contribution >= 4 is 5.82 Å². The second kappa shape index (κ2) is 5.42. The van der Waals surface area contributed by atoms with Gasteiger partial charge >= 0.3 is 0 Å². The number of halogens is 1. The Morgan fingerprint density at radius 3 is 2.94 bits per heavy atom. The van der Waals surface area contributed by atoms with E-state index in [1.165, 1.54) is 0 Å². The quantitative estimate of drug-likeness (QED) is 0.813. The first kappa shape index (κ1) is 12.3. The molecule has 94 valence electrons. The fraction of sp³-hybridized carbons (Fsp3) is 0.583. The second-order valence-corrected chi connectivity index (χ2v) is 4.23. The molecule has 1 aliphatic rings. The molecule has 5 heteroatoms. The van der Waals surface area contributed by atoms with E-state index in [1.807, 2.05) is 4.90 Å². The molecule has 2 N–H and O–H groups in total. The Labute approximate surface area is 101 Å². The highest BCUT2D eigenvalue weighted by molar-refractivity contribution is 5.45. The van der Waals surface area contributed by atoms with Crippen LogP contribution in [0.15, 0.2) is 12.3 Å². The molecule has 17 heavy (non-hydrogen) atoms. The smallest absolute Gasteiger partial charge is 0.170 e. The summed E-state index contributed by atoms with van der Waals surface area (Å²) >= 11 is 0. The monoisotopic (exact) mass is 239 g/mol. The lowest BCUT2D eigenvalue weighted by molar-refractivity contribution is 0.204. The van der Waals surface area contributed by atoms with Crippen molar-refractivity contribution in [2.45, 2.75) is 25.4 Å². The standard InChI is InChI=1S/C12H18FN3O/c1-17-7-6-16(10-2-3-10)12-11(13)9(8-14)4-5-15-12/h4-5,10H,2-3,6-8,14H2,1H3. The van der Waals surface area contributed by atoms with E-state index in [2.05, 4.69) is 4.98 Å². The molecule has 1 fully saturated rings. The summed E-state index contributed by atoms with van der Waals surface area (Å²) in [6.07, 6.45) is 3.80. The molecule has 0 saturated heterocycles. The summed E-state index contributed by atoms with van der Waals surface area (Å²) < 4.78 is 19.2. The van der Waals surface area contributed by atoms with Crippen LogP contribution in [0.25, 0.3) is 0 Å². The van der Waals surface area contributed by atoms with Gasteiger partial charge in [-0.05, 0) is 18.9 Å². The zero-order valence-electron chi connectivity index (χ0n) is 10.0. The van der Waals surface area contributed by atoms with Crippen molar-refractivity contribution in [3.8, 4) is 0 Å². The van der Waals surface area contributed by atoms with Crippen molar-refractivity contribution in [2.24, 2.45) is 5.73 Å². The van der Waals surface area contributed by atoms with Crippen LogP contribution in [-0.4, -0.2) is 31.3 Å². The van der Waals surface area contributed by atoms with Crippen LogP contribution in [0.4, 0.5) is 10.2 Å². The second-order valence-electron chi connectivity index (χ2n) is 4.23. The minimum absolute atomic E-state index is 0.199. The molecular formula is C12H18FN3O. The maximum atomic E-state index is 14.1. The molecule has 0 aromatic carbocycles. The lowest BCUT2D eigenvalue weighted by Crippen LogP contribution is -2.31. The molecule has 0 bridgehead atoms. The summed E-state index contributed by atoms with van der Waals surface area (Å²) in [7, 11) is 1.64. The van der Waals surface area contributed by atoms with Crippen LogP contribution < -0.4 is 10.6 Å². The Bertz CT molecular complexity index is 382. The molecule has 0 atom stereocenters. The maximum Gasteiger partial charge on any atom is 0.170 e. The zero-order valence-corrected chi connectivity index (χ0v) is 10.0. The highest BCUT2D eigenvalue weighted by Crippen LogP contribution is 2.32. The van der Waals surface area contributed by atoms with E-state index in [0.717, 1.165) is 12.8 Å². The summed E-state index contributed by atoms with van der Waals surface area (Å²) in [6, 6.07) is 2.03. The van der Waals surface area contributed by atoms with Gasteiger partial charge in [0.25, 0.3) is 0 Å². The number of hydrogen-bond acceptors (Lipinski definition) is 4. The first-order valence-corrected chi connectivity index (χ1v) is 5.87. The Kier molecular flexibility index (Phi) is 3.91. The Balaban J connectivity index is 2.22. The Hall–Kier alpha value is -1.20. The number of nitrogens with two attached hydrogens (primary N) is 1. The lowest BCUT2D eigenvalue weighted by atomic mass is 10.2. The number of pyridine rings is 1. The van der Waals surface area contributed by atoms with Crippen LogP contribution in [0, 0.1) is 5.82 Å². The fourth-order valence-electron chi connectivity index (χ4n) is 1.87. The summed E-state index contributed by atoms with van der Waals surface area (Å²) in [5, 5.41) is 0. The number of methoxy groups -OCH3 is 1. The van der Waals surface area contributed by atoms with Crippen molar-refractivity contribution in [2.75, 3.05) is 25.2 Å². The van der Waals surface area contributed by atoms with E-state index in [9.17, 15) is 4.39 Å². The highest BCUT2D eigenvalue weighted by Gasteiger charge is 2.31. The van der Waals surface area contributed by atoms with Gasteiger partial charge in [-0.3, -0.25) is 0 Å². The summed E-state index contributed by atoms with van der Waals surface area (Å²) in [5.74, 6) is 0.116. The van der Waals surface area contributed by atoms with Crippen molar-refractivity contribution in [1.29, 1.82) is 0 Å². The van der Waals surface area contributed by atoms with Crippen LogP contribution in [0.1, 0.15) is 18.4 Å². The fourth-order valence-corrected chi connectivity index (χ4v) is 1.87. The molecule has 1 aromatic rings. The van der Waals surface area contributed by atoms with Crippen molar-refractivity contribution in [3.63, 3.8) is 0 Å². The minimum atomic E-state index is -0.294. The average Bonchev–Trinajstić information content (AvgIpc) is 3.16. The molecule has 1 saturated carbocycles. The van der Waals surface area contributed by atoms with E-state index in [-0.39, 0.29) is 12.4 Å².